The normalized spacial score (nSPS) is 13.7. The quantitative estimate of drug-likeness (QED) is 0.467. The van der Waals surface area contributed by atoms with Crippen LogP contribution in [0.1, 0.15) is 15.9 Å². The molecule has 0 radical (unpaired) electrons. The van der Waals surface area contributed by atoms with Crippen LogP contribution in [0.3, 0.4) is 0 Å². The van der Waals surface area contributed by atoms with Crippen molar-refractivity contribution >= 4 is 28.3 Å². The summed E-state index contributed by atoms with van der Waals surface area (Å²) >= 11 is 0. The summed E-state index contributed by atoms with van der Waals surface area (Å²) in [5.74, 6) is 1.62. The van der Waals surface area contributed by atoms with Crippen molar-refractivity contribution < 1.29 is 9.53 Å². The van der Waals surface area contributed by atoms with Gasteiger partial charge in [0.1, 0.15) is 11.6 Å². The molecule has 1 N–H and O–H groups in total. The summed E-state index contributed by atoms with van der Waals surface area (Å²) in [6.45, 7) is 3.93. The fraction of sp³-hybridized carbons (Fsp3) is 0.214. The first-order valence-corrected chi connectivity index (χ1v) is 11.6. The summed E-state index contributed by atoms with van der Waals surface area (Å²) in [4.78, 5) is 22.7. The Bertz CT molecular complexity index is 1270. The van der Waals surface area contributed by atoms with Crippen LogP contribution in [-0.4, -0.2) is 44.2 Å². The lowest BCUT2D eigenvalue weighted by molar-refractivity contribution is 0.0952. The molecule has 1 saturated heterocycles. The molecule has 0 spiro atoms. The Morgan fingerprint density at radius 1 is 0.882 bits per heavy atom. The van der Waals surface area contributed by atoms with E-state index >= 15 is 0 Å². The number of ether oxygens (including phenoxy) is 1. The Kier molecular flexibility index (Phi) is 6.29. The largest absolute Gasteiger partial charge is 0.497 e. The van der Waals surface area contributed by atoms with Gasteiger partial charge in [0, 0.05) is 43.8 Å². The Morgan fingerprint density at radius 3 is 2.29 bits per heavy atom. The molecule has 172 valence electrons. The van der Waals surface area contributed by atoms with Gasteiger partial charge in [0.05, 0.1) is 18.2 Å². The van der Waals surface area contributed by atoms with Crippen LogP contribution in [-0.2, 0) is 6.54 Å². The van der Waals surface area contributed by atoms with Crippen molar-refractivity contribution in [1.82, 2.24) is 10.3 Å². The van der Waals surface area contributed by atoms with Crippen molar-refractivity contribution in [3.8, 4) is 5.75 Å². The fourth-order valence-electron chi connectivity index (χ4n) is 4.37. The molecule has 6 heteroatoms. The number of para-hydroxylation sites is 1. The van der Waals surface area contributed by atoms with Crippen LogP contribution in [0.2, 0.25) is 0 Å². The molecule has 6 nitrogen and oxygen atoms in total. The molecule has 2 heterocycles. The molecule has 1 aromatic heterocycles. The molecule has 0 saturated carbocycles. The van der Waals surface area contributed by atoms with E-state index in [4.69, 9.17) is 9.72 Å². The van der Waals surface area contributed by atoms with Gasteiger partial charge in [0.25, 0.3) is 5.91 Å². The molecule has 0 unspecified atom stereocenters. The maximum atomic E-state index is 13.2. The topological polar surface area (TPSA) is 57.7 Å². The Labute approximate surface area is 199 Å². The van der Waals surface area contributed by atoms with Crippen molar-refractivity contribution in [2.24, 2.45) is 0 Å². The summed E-state index contributed by atoms with van der Waals surface area (Å²) in [6.07, 6.45) is 0. The number of rotatable bonds is 6. The first-order valence-electron chi connectivity index (χ1n) is 11.6. The highest BCUT2D eigenvalue weighted by Crippen LogP contribution is 2.26. The molecule has 34 heavy (non-hydrogen) atoms. The SMILES string of the molecule is COc1ccc(N2CCN(c3cc(C(=O)NCc4ccccc4)c4ccccc4n3)CC2)cc1. The van der Waals surface area contributed by atoms with Gasteiger partial charge in [-0.15, -0.1) is 0 Å². The summed E-state index contributed by atoms with van der Waals surface area (Å²) in [6, 6.07) is 27.9. The second kappa shape index (κ2) is 9.83. The number of pyridine rings is 1. The fourth-order valence-corrected chi connectivity index (χ4v) is 4.37. The smallest absolute Gasteiger partial charge is 0.252 e. The van der Waals surface area contributed by atoms with Crippen LogP contribution in [0.4, 0.5) is 11.5 Å². The predicted molar refractivity (Wildman–Crippen MR) is 137 cm³/mol. The van der Waals surface area contributed by atoms with Crippen LogP contribution in [0, 0.1) is 0 Å². The van der Waals surface area contributed by atoms with Gasteiger partial charge in [-0.3, -0.25) is 4.79 Å². The molecule has 1 aliphatic heterocycles. The molecular weight excluding hydrogens is 424 g/mol. The van der Waals surface area contributed by atoms with E-state index in [1.54, 1.807) is 7.11 Å². The van der Waals surface area contributed by atoms with E-state index in [-0.39, 0.29) is 5.91 Å². The number of piperazine rings is 1. The lowest BCUT2D eigenvalue weighted by Gasteiger charge is -2.37. The number of anilines is 2. The van der Waals surface area contributed by atoms with Crippen molar-refractivity contribution in [1.29, 1.82) is 0 Å². The van der Waals surface area contributed by atoms with E-state index in [1.165, 1.54) is 5.69 Å². The molecule has 3 aromatic carbocycles. The third-order valence-corrected chi connectivity index (χ3v) is 6.28. The average molecular weight is 453 g/mol. The molecule has 1 aliphatic rings. The maximum Gasteiger partial charge on any atom is 0.252 e. The second-order valence-electron chi connectivity index (χ2n) is 8.39. The summed E-state index contributed by atoms with van der Waals surface area (Å²) < 4.78 is 5.27. The van der Waals surface area contributed by atoms with Gasteiger partial charge < -0.3 is 19.9 Å². The number of hydrogen-bond donors (Lipinski definition) is 1. The maximum absolute atomic E-state index is 13.2. The minimum absolute atomic E-state index is 0.0828. The zero-order chi connectivity index (χ0) is 23.3. The van der Waals surface area contributed by atoms with Crippen molar-refractivity contribution in [2.45, 2.75) is 6.54 Å². The zero-order valence-electron chi connectivity index (χ0n) is 19.3. The van der Waals surface area contributed by atoms with Crippen molar-refractivity contribution in [2.75, 3.05) is 43.1 Å². The van der Waals surface area contributed by atoms with Gasteiger partial charge in [-0.2, -0.15) is 0 Å². The van der Waals surface area contributed by atoms with Crippen LogP contribution in [0.15, 0.2) is 84.9 Å². The first kappa shape index (κ1) is 21.8. The Morgan fingerprint density at radius 2 is 1.56 bits per heavy atom. The molecule has 1 amide bonds. The Hall–Kier alpha value is -4.06. The van der Waals surface area contributed by atoms with Crippen LogP contribution >= 0.6 is 0 Å². The first-order chi connectivity index (χ1) is 16.7. The number of fused-ring (bicyclic) bond motifs is 1. The molecule has 4 aromatic rings. The van der Waals surface area contributed by atoms with E-state index in [9.17, 15) is 4.79 Å². The number of carbonyl (C=O) groups excluding carboxylic acids is 1. The molecule has 1 fully saturated rings. The Balaban J connectivity index is 1.34. The molecule has 5 rings (SSSR count). The molecule has 0 bridgehead atoms. The zero-order valence-corrected chi connectivity index (χ0v) is 19.3. The lowest BCUT2D eigenvalue weighted by Crippen LogP contribution is -2.46. The average Bonchev–Trinajstić information content (AvgIpc) is 2.92. The van der Waals surface area contributed by atoms with Gasteiger partial charge in [0.2, 0.25) is 0 Å². The van der Waals surface area contributed by atoms with Crippen LogP contribution < -0.4 is 19.9 Å². The second-order valence-corrected chi connectivity index (χ2v) is 8.39. The van der Waals surface area contributed by atoms with Gasteiger partial charge in [0.15, 0.2) is 0 Å². The number of nitrogens with zero attached hydrogens (tertiary/aromatic N) is 3. The highest BCUT2D eigenvalue weighted by molar-refractivity contribution is 6.07. The highest BCUT2D eigenvalue weighted by Gasteiger charge is 2.21. The van der Waals surface area contributed by atoms with Gasteiger partial charge >= 0.3 is 0 Å². The minimum Gasteiger partial charge on any atom is -0.497 e. The predicted octanol–water partition coefficient (Wildman–Crippen LogP) is 4.50. The third kappa shape index (κ3) is 4.66. The van der Waals surface area contributed by atoms with Crippen molar-refractivity contribution in [3.05, 3.63) is 96.1 Å². The van der Waals surface area contributed by atoms with Crippen LogP contribution in [0.25, 0.3) is 10.9 Å². The van der Waals surface area contributed by atoms with Gasteiger partial charge in [-0.1, -0.05) is 48.5 Å². The standard InChI is InChI=1S/C28H28N4O2/c1-34-23-13-11-22(12-14-23)31-15-17-32(18-16-31)27-19-25(24-9-5-6-10-26(24)30-27)28(33)29-20-21-7-3-2-4-8-21/h2-14,19H,15-18,20H2,1H3,(H,29,33). The van der Waals surface area contributed by atoms with Gasteiger partial charge in [-0.25, -0.2) is 4.98 Å². The monoisotopic (exact) mass is 452 g/mol. The van der Waals surface area contributed by atoms with E-state index in [2.05, 4.69) is 27.2 Å². The van der Waals surface area contributed by atoms with E-state index in [1.807, 2.05) is 72.8 Å². The number of carbonyl (C=O) groups is 1. The number of benzene rings is 3. The number of amides is 1. The minimum atomic E-state index is -0.0828. The van der Waals surface area contributed by atoms with E-state index < -0.39 is 0 Å². The molecule has 0 aliphatic carbocycles. The number of nitrogens with one attached hydrogen (secondary N) is 1. The summed E-state index contributed by atoms with van der Waals surface area (Å²) in [5, 5.41) is 3.94. The summed E-state index contributed by atoms with van der Waals surface area (Å²) in [5.41, 5.74) is 3.76. The number of aromatic nitrogens is 1. The molecule has 0 atom stereocenters. The number of hydrogen-bond acceptors (Lipinski definition) is 5. The van der Waals surface area contributed by atoms with Crippen LogP contribution in [0.5, 0.6) is 5.75 Å². The van der Waals surface area contributed by atoms with Crippen molar-refractivity contribution in [3.63, 3.8) is 0 Å². The third-order valence-electron chi connectivity index (χ3n) is 6.28. The highest BCUT2D eigenvalue weighted by atomic mass is 16.5. The van der Waals surface area contributed by atoms with Gasteiger partial charge in [-0.05, 0) is 42.0 Å². The van der Waals surface area contributed by atoms with E-state index in [0.717, 1.165) is 54.2 Å². The summed E-state index contributed by atoms with van der Waals surface area (Å²) in [7, 11) is 1.68. The van der Waals surface area contributed by atoms with E-state index in [0.29, 0.717) is 12.1 Å². The number of methoxy groups -OCH3 is 1. The molecular formula is C28H28N4O2. The lowest BCUT2D eigenvalue weighted by atomic mass is 10.1.